The number of carbonyl (C=O) groups excluding carboxylic acids is 2. The van der Waals surface area contributed by atoms with Crippen molar-refractivity contribution >= 4 is 11.7 Å². The second-order valence-corrected chi connectivity index (χ2v) is 4.59. The van der Waals surface area contributed by atoms with E-state index in [9.17, 15) is 9.59 Å². The third kappa shape index (κ3) is 3.46. The Hall–Kier alpha value is -1.71. The third-order valence-corrected chi connectivity index (χ3v) is 2.19. The second kappa shape index (κ2) is 4.88. The highest BCUT2D eigenvalue weighted by molar-refractivity contribution is 5.97. The minimum atomic E-state index is -0.425. The molecule has 1 rings (SSSR count). The van der Waals surface area contributed by atoms with Crippen LogP contribution in [0.2, 0.25) is 0 Å². The summed E-state index contributed by atoms with van der Waals surface area (Å²) < 4.78 is 0. The van der Waals surface area contributed by atoms with Gasteiger partial charge in [0.1, 0.15) is 0 Å². The molecular formula is C12H16N2O2. The van der Waals surface area contributed by atoms with Crippen LogP contribution < -0.4 is 5.32 Å². The number of nitrogens with zero attached hydrogens (tertiary/aromatic N) is 1. The highest BCUT2D eigenvalue weighted by Gasteiger charge is 2.21. The van der Waals surface area contributed by atoms with E-state index in [1.165, 1.54) is 0 Å². The van der Waals surface area contributed by atoms with E-state index in [-0.39, 0.29) is 18.2 Å². The van der Waals surface area contributed by atoms with Crippen molar-refractivity contribution in [2.75, 3.05) is 6.54 Å². The zero-order chi connectivity index (χ0) is 12.2. The number of aromatic nitrogens is 1. The van der Waals surface area contributed by atoms with Crippen LogP contribution >= 0.6 is 0 Å². The predicted molar refractivity (Wildman–Crippen MR) is 61.0 cm³/mol. The van der Waals surface area contributed by atoms with Crippen molar-refractivity contribution in [3.8, 4) is 0 Å². The van der Waals surface area contributed by atoms with Crippen LogP contribution in [0.25, 0.3) is 0 Å². The first-order valence-corrected chi connectivity index (χ1v) is 5.13. The van der Waals surface area contributed by atoms with Crippen molar-refractivity contribution in [1.82, 2.24) is 10.3 Å². The molecule has 0 aromatic carbocycles. The molecule has 0 spiro atoms. The molecule has 0 aliphatic heterocycles. The van der Waals surface area contributed by atoms with Gasteiger partial charge in [-0.3, -0.25) is 14.6 Å². The Labute approximate surface area is 95.1 Å². The Kier molecular flexibility index (Phi) is 3.77. The lowest BCUT2D eigenvalue weighted by molar-refractivity contribution is -0.125. The van der Waals surface area contributed by atoms with Gasteiger partial charge in [0.2, 0.25) is 0 Å². The smallest absolute Gasteiger partial charge is 0.251 e. The first-order chi connectivity index (χ1) is 7.41. The van der Waals surface area contributed by atoms with E-state index in [1.54, 1.807) is 24.5 Å². The van der Waals surface area contributed by atoms with Gasteiger partial charge in [-0.2, -0.15) is 0 Å². The highest BCUT2D eigenvalue weighted by Crippen LogP contribution is 2.13. The predicted octanol–water partition coefficient (Wildman–Crippen LogP) is 1.43. The topological polar surface area (TPSA) is 59.1 Å². The fourth-order valence-corrected chi connectivity index (χ4v) is 1.03. The van der Waals surface area contributed by atoms with E-state index in [1.807, 2.05) is 20.8 Å². The molecule has 0 radical (unpaired) electrons. The van der Waals surface area contributed by atoms with E-state index in [2.05, 4.69) is 10.3 Å². The quantitative estimate of drug-likeness (QED) is 0.838. The van der Waals surface area contributed by atoms with E-state index in [4.69, 9.17) is 0 Å². The van der Waals surface area contributed by atoms with Gasteiger partial charge in [0.25, 0.3) is 5.91 Å². The van der Waals surface area contributed by atoms with Gasteiger partial charge < -0.3 is 5.32 Å². The fraction of sp³-hybridized carbons (Fsp3) is 0.417. The monoisotopic (exact) mass is 220 g/mol. The zero-order valence-corrected chi connectivity index (χ0v) is 9.78. The lowest BCUT2D eigenvalue weighted by Crippen LogP contribution is -2.35. The normalized spacial score (nSPS) is 10.9. The summed E-state index contributed by atoms with van der Waals surface area (Å²) in [7, 11) is 0. The van der Waals surface area contributed by atoms with Crippen LogP contribution in [0.3, 0.4) is 0 Å². The highest BCUT2D eigenvalue weighted by atomic mass is 16.2. The summed E-state index contributed by atoms with van der Waals surface area (Å²) in [5.74, 6) is -0.241. The minimum absolute atomic E-state index is 0.00917. The SMILES string of the molecule is CC(C)(C)C(=O)CNC(=O)c1ccncc1. The molecule has 0 bridgehead atoms. The first kappa shape index (κ1) is 12.4. The van der Waals surface area contributed by atoms with Crippen molar-refractivity contribution in [1.29, 1.82) is 0 Å². The lowest BCUT2D eigenvalue weighted by atomic mass is 9.91. The first-order valence-electron chi connectivity index (χ1n) is 5.13. The van der Waals surface area contributed by atoms with Gasteiger partial charge in [0, 0.05) is 23.4 Å². The maximum Gasteiger partial charge on any atom is 0.251 e. The minimum Gasteiger partial charge on any atom is -0.345 e. The van der Waals surface area contributed by atoms with Crippen LogP contribution in [-0.2, 0) is 4.79 Å². The molecule has 4 nitrogen and oxygen atoms in total. The molecule has 1 amide bonds. The molecule has 1 N–H and O–H groups in total. The molecule has 0 saturated heterocycles. The summed E-state index contributed by atoms with van der Waals surface area (Å²) >= 11 is 0. The number of nitrogens with one attached hydrogen (secondary N) is 1. The average molecular weight is 220 g/mol. The molecule has 0 aliphatic carbocycles. The molecular weight excluding hydrogens is 204 g/mol. The van der Waals surface area contributed by atoms with Crippen LogP contribution in [0.4, 0.5) is 0 Å². The van der Waals surface area contributed by atoms with Crippen molar-refractivity contribution < 1.29 is 9.59 Å². The van der Waals surface area contributed by atoms with Crippen LogP contribution in [0.15, 0.2) is 24.5 Å². The molecule has 1 aromatic rings. The van der Waals surface area contributed by atoms with Crippen molar-refractivity contribution in [2.24, 2.45) is 5.41 Å². The molecule has 0 aliphatic rings. The van der Waals surface area contributed by atoms with Crippen LogP contribution in [0.5, 0.6) is 0 Å². The summed E-state index contributed by atoms with van der Waals surface area (Å²) in [5.41, 5.74) is 0.0858. The summed E-state index contributed by atoms with van der Waals surface area (Å²) in [5, 5.41) is 2.59. The van der Waals surface area contributed by atoms with E-state index >= 15 is 0 Å². The van der Waals surface area contributed by atoms with Gasteiger partial charge in [0.15, 0.2) is 5.78 Å². The Morgan fingerprint density at radius 3 is 2.31 bits per heavy atom. The molecule has 16 heavy (non-hydrogen) atoms. The molecule has 0 atom stereocenters. The fourth-order valence-electron chi connectivity index (χ4n) is 1.03. The Morgan fingerprint density at radius 1 is 1.25 bits per heavy atom. The largest absolute Gasteiger partial charge is 0.345 e. The van der Waals surface area contributed by atoms with Crippen molar-refractivity contribution in [3.63, 3.8) is 0 Å². The lowest BCUT2D eigenvalue weighted by Gasteiger charge is -2.16. The van der Waals surface area contributed by atoms with E-state index in [0.29, 0.717) is 5.56 Å². The Bertz CT molecular complexity index is 380. The average Bonchev–Trinajstić information content (AvgIpc) is 2.25. The number of carbonyl (C=O) groups is 2. The molecule has 86 valence electrons. The zero-order valence-electron chi connectivity index (χ0n) is 9.78. The van der Waals surface area contributed by atoms with Gasteiger partial charge in [-0.15, -0.1) is 0 Å². The van der Waals surface area contributed by atoms with Gasteiger partial charge in [0.05, 0.1) is 6.54 Å². The number of ketones is 1. The Morgan fingerprint density at radius 2 is 1.81 bits per heavy atom. The number of pyridine rings is 1. The summed E-state index contributed by atoms with van der Waals surface area (Å²) in [6, 6.07) is 3.22. The van der Waals surface area contributed by atoms with E-state index in [0.717, 1.165) is 0 Å². The van der Waals surface area contributed by atoms with E-state index < -0.39 is 5.41 Å². The van der Waals surface area contributed by atoms with Gasteiger partial charge in [-0.05, 0) is 12.1 Å². The van der Waals surface area contributed by atoms with Gasteiger partial charge in [-0.1, -0.05) is 20.8 Å². The summed E-state index contributed by atoms with van der Waals surface area (Å²) in [6.07, 6.45) is 3.08. The maximum atomic E-state index is 11.6. The third-order valence-electron chi connectivity index (χ3n) is 2.19. The summed E-state index contributed by atoms with van der Waals surface area (Å²) in [4.78, 5) is 27.0. The maximum absolute atomic E-state index is 11.6. The standard InChI is InChI=1S/C12H16N2O2/c1-12(2,3)10(15)8-14-11(16)9-4-6-13-7-5-9/h4-7H,8H2,1-3H3,(H,14,16). The van der Waals surface area contributed by atoms with Crippen LogP contribution in [-0.4, -0.2) is 23.2 Å². The second-order valence-electron chi connectivity index (χ2n) is 4.59. The van der Waals surface area contributed by atoms with Crippen molar-refractivity contribution in [3.05, 3.63) is 30.1 Å². The van der Waals surface area contributed by atoms with Crippen molar-refractivity contribution in [2.45, 2.75) is 20.8 Å². The number of Topliss-reactive ketones (excluding diaryl/α,β-unsaturated/α-hetero) is 1. The van der Waals surface area contributed by atoms with Crippen LogP contribution in [0, 0.1) is 5.41 Å². The number of rotatable bonds is 3. The molecule has 1 heterocycles. The number of hydrogen-bond donors (Lipinski definition) is 1. The molecule has 0 unspecified atom stereocenters. The van der Waals surface area contributed by atoms with Crippen LogP contribution in [0.1, 0.15) is 31.1 Å². The summed E-state index contributed by atoms with van der Waals surface area (Å²) in [6.45, 7) is 5.54. The molecule has 0 saturated carbocycles. The number of amides is 1. The van der Waals surface area contributed by atoms with Gasteiger partial charge >= 0.3 is 0 Å². The Balaban J connectivity index is 2.52. The molecule has 1 aromatic heterocycles. The van der Waals surface area contributed by atoms with Gasteiger partial charge in [-0.25, -0.2) is 0 Å². The molecule has 0 fully saturated rings. The number of hydrogen-bond acceptors (Lipinski definition) is 3. The molecule has 4 heteroatoms.